The first-order chi connectivity index (χ1) is 13.6. The number of nitrogens with zero attached hydrogens (tertiary/aromatic N) is 2. The summed E-state index contributed by atoms with van der Waals surface area (Å²) in [7, 11) is 0. The Morgan fingerprint density at radius 3 is 2.45 bits per heavy atom. The summed E-state index contributed by atoms with van der Waals surface area (Å²) in [6.07, 6.45) is 3.13. The molecule has 1 aliphatic carbocycles. The second kappa shape index (κ2) is 7.89. The largest absolute Gasteiger partial charge is 0.462 e. The van der Waals surface area contributed by atoms with Crippen LogP contribution in [0.1, 0.15) is 68.3 Å². The third-order valence-corrected chi connectivity index (χ3v) is 4.65. The number of Topliss-reactive ketones (excluding diaryl/α,β-unsaturated/α-hetero) is 1. The molecule has 0 saturated heterocycles. The van der Waals surface area contributed by atoms with Gasteiger partial charge in [0.15, 0.2) is 5.78 Å². The fourth-order valence-corrected chi connectivity index (χ4v) is 3.33. The molecule has 0 radical (unpaired) electrons. The predicted octanol–water partition coefficient (Wildman–Crippen LogP) is 4.47. The van der Waals surface area contributed by atoms with Crippen LogP contribution in [0.2, 0.25) is 0 Å². The lowest BCUT2D eigenvalue weighted by molar-refractivity contribution is 0.0529. The van der Waals surface area contributed by atoms with Gasteiger partial charge in [-0.1, -0.05) is 6.07 Å². The summed E-state index contributed by atoms with van der Waals surface area (Å²) in [5.74, 6) is -0.496. The molecular formula is C22H28N2O5. The number of ether oxygens (including phenoxy) is 2. The molecule has 156 valence electrons. The van der Waals surface area contributed by atoms with Crippen molar-refractivity contribution in [3.05, 3.63) is 35.7 Å². The number of hydrogen-bond donors (Lipinski definition) is 0. The lowest BCUT2D eigenvalue weighted by atomic mass is 10.1. The Balaban J connectivity index is 2.26. The number of anilines is 1. The van der Waals surface area contributed by atoms with Gasteiger partial charge in [-0.05, 0) is 58.6 Å². The molecule has 2 aromatic rings. The summed E-state index contributed by atoms with van der Waals surface area (Å²) in [5, 5.41) is 0. The van der Waals surface area contributed by atoms with E-state index in [9.17, 15) is 14.4 Å². The number of carbonyl (C=O) groups is 3. The number of pyridine rings is 1. The van der Waals surface area contributed by atoms with Crippen molar-refractivity contribution < 1.29 is 23.9 Å². The number of carbonyl (C=O) groups excluding carboxylic acids is 3. The van der Waals surface area contributed by atoms with Gasteiger partial charge in [0.05, 0.1) is 17.8 Å². The minimum absolute atomic E-state index is 0.187. The highest BCUT2D eigenvalue weighted by molar-refractivity contribution is 6.14. The molecule has 29 heavy (non-hydrogen) atoms. The minimum atomic E-state index is -0.710. The van der Waals surface area contributed by atoms with E-state index in [0.717, 1.165) is 12.8 Å². The molecule has 1 amide bonds. The molecule has 0 spiro atoms. The van der Waals surface area contributed by atoms with Crippen LogP contribution < -0.4 is 4.90 Å². The Morgan fingerprint density at radius 1 is 1.21 bits per heavy atom. The van der Waals surface area contributed by atoms with E-state index in [1.165, 1.54) is 11.8 Å². The third kappa shape index (κ3) is 4.44. The third-order valence-electron chi connectivity index (χ3n) is 4.65. The van der Waals surface area contributed by atoms with Gasteiger partial charge in [0.2, 0.25) is 0 Å². The summed E-state index contributed by atoms with van der Waals surface area (Å²) in [6.45, 7) is 9.08. The molecule has 3 rings (SSSR count). The molecule has 0 aliphatic heterocycles. The van der Waals surface area contributed by atoms with E-state index in [4.69, 9.17) is 9.47 Å². The molecule has 1 fully saturated rings. The molecule has 7 heteroatoms. The molecule has 2 heterocycles. The van der Waals surface area contributed by atoms with Crippen LogP contribution in [0.15, 0.2) is 24.4 Å². The van der Waals surface area contributed by atoms with Gasteiger partial charge in [-0.3, -0.25) is 9.69 Å². The van der Waals surface area contributed by atoms with Crippen LogP contribution in [0.3, 0.4) is 0 Å². The maximum absolute atomic E-state index is 13.1. The first-order valence-electron chi connectivity index (χ1n) is 9.95. The van der Waals surface area contributed by atoms with E-state index in [-0.39, 0.29) is 29.3 Å². The van der Waals surface area contributed by atoms with Crippen molar-refractivity contribution in [1.29, 1.82) is 0 Å². The van der Waals surface area contributed by atoms with Gasteiger partial charge < -0.3 is 13.9 Å². The molecule has 2 aromatic heterocycles. The number of esters is 1. The molecule has 0 atom stereocenters. The van der Waals surface area contributed by atoms with Crippen molar-refractivity contribution in [1.82, 2.24) is 4.40 Å². The zero-order valence-electron chi connectivity index (χ0n) is 17.7. The van der Waals surface area contributed by atoms with E-state index >= 15 is 0 Å². The summed E-state index contributed by atoms with van der Waals surface area (Å²) in [5.41, 5.74) is 0.566. The standard InChI is InChI=1S/C22H28N2O5/c1-6-28-20(26)17-16-9-7-8-12-23(16)18(14(2)25)19(17)24(13-15-10-11-15)21(27)29-22(3,4)5/h7-9,12,15H,6,10-11,13H2,1-5H3. The summed E-state index contributed by atoms with van der Waals surface area (Å²) >= 11 is 0. The zero-order valence-corrected chi connectivity index (χ0v) is 17.7. The average molecular weight is 400 g/mol. The number of rotatable bonds is 6. The zero-order chi connectivity index (χ0) is 21.3. The minimum Gasteiger partial charge on any atom is -0.462 e. The molecule has 0 bridgehead atoms. The van der Waals surface area contributed by atoms with Gasteiger partial charge in [0.25, 0.3) is 0 Å². The van der Waals surface area contributed by atoms with Crippen molar-refractivity contribution in [3.8, 4) is 0 Å². The van der Waals surface area contributed by atoms with E-state index < -0.39 is 17.7 Å². The second-order valence-corrected chi connectivity index (χ2v) is 8.34. The first kappa shape index (κ1) is 20.9. The highest BCUT2D eigenvalue weighted by atomic mass is 16.6. The quantitative estimate of drug-likeness (QED) is 0.528. The van der Waals surface area contributed by atoms with E-state index in [2.05, 4.69) is 0 Å². The topological polar surface area (TPSA) is 77.3 Å². The van der Waals surface area contributed by atoms with Crippen LogP contribution in [0.5, 0.6) is 0 Å². The monoisotopic (exact) mass is 400 g/mol. The SMILES string of the molecule is CCOC(=O)c1c(N(CC2CC2)C(=O)OC(C)(C)C)c(C(C)=O)n2ccccc12. The van der Waals surface area contributed by atoms with Gasteiger partial charge in [-0.2, -0.15) is 0 Å². The van der Waals surface area contributed by atoms with Crippen molar-refractivity contribution in [3.63, 3.8) is 0 Å². The fraction of sp³-hybridized carbons (Fsp3) is 0.500. The fourth-order valence-electron chi connectivity index (χ4n) is 3.33. The van der Waals surface area contributed by atoms with Crippen LogP contribution in [-0.2, 0) is 9.47 Å². The normalized spacial score (nSPS) is 14.0. The van der Waals surface area contributed by atoms with Crippen molar-refractivity contribution >= 4 is 29.0 Å². The Hall–Kier alpha value is -2.83. The van der Waals surface area contributed by atoms with Crippen LogP contribution in [-0.4, -0.2) is 41.0 Å². The van der Waals surface area contributed by atoms with Crippen LogP contribution in [0, 0.1) is 5.92 Å². The smallest absolute Gasteiger partial charge is 0.414 e. The molecular weight excluding hydrogens is 372 g/mol. The first-order valence-corrected chi connectivity index (χ1v) is 9.95. The Bertz CT molecular complexity index is 950. The van der Waals surface area contributed by atoms with Crippen molar-refractivity contribution in [2.24, 2.45) is 5.92 Å². The number of fused-ring (bicyclic) bond motifs is 1. The summed E-state index contributed by atoms with van der Waals surface area (Å²) in [6, 6.07) is 5.30. The predicted molar refractivity (Wildman–Crippen MR) is 110 cm³/mol. The summed E-state index contributed by atoms with van der Waals surface area (Å²) in [4.78, 5) is 40.1. The number of aromatic nitrogens is 1. The molecule has 1 saturated carbocycles. The van der Waals surface area contributed by atoms with Gasteiger partial charge in [-0.25, -0.2) is 9.59 Å². The second-order valence-electron chi connectivity index (χ2n) is 8.34. The number of hydrogen-bond acceptors (Lipinski definition) is 5. The lowest BCUT2D eigenvalue weighted by Gasteiger charge is -2.28. The summed E-state index contributed by atoms with van der Waals surface area (Å²) < 4.78 is 12.5. The Labute approximate surface area is 170 Å². The molecule has 7 nitrogen and oxygen atoms in total. The van der Waals surface area contributed by atoms with Crippen LogP contribution >= 0.6 is 0 Å². The van der Waals surface area contributed by atoms with E-state index in [1.54, 1.807) is 56.5 Å². The average Bonchev–Trinajstić information content (AvgIpc) is 3.36. The van der Waals surface area contributed by atoms with Gasteiger partial charge in [0.1, 0.15) is 16.9 Å². The maximum Gasteiger partial charge on any atom is 0.414 e. The lowest BCUT2D eigenvalue weighted by Crippen LogP contribution is -2.39. The van der Waals surface area contributed by atoms with Crippen molar-refractivity contribution in [2.75, 3.05) is 18.1 Å². The maximum atomic E-state index is 13.1. The Kier molecular flexibility index (Phi) is 5.68. The van der Waals surface area contributed by atoms with Gasteiger partial charge >= 0.3 is 12.1 Å². The van der Waals surface area contributed by atoms with Gasteiger partial charge in [-0.15, -0.1) is 0 Å². The van der Waals surface area contributed by atoms with Gasteiger partial charge in [0, 0.05) is 19.7 Å². The number of ketones is 1. The number of amides is 1. The van der Waals surface area contributed by atoms with Crippen LogP contribution in [0.4, 0.5) is 10.5 Å². The highest BCUT2D eigenvalue weighted by Gasteiger charge is 2.37. The molecule has 0 unspecified atom stereocenters. The van der Waals surface area contributed by atoms with Crippen LogP contribution in [0.25, 0.3) is 5.52 Å². The van der Waals surface area contributed by atoms with E-state index in [1.807, 2.05) is 0 Å². The Morgan fingerprint density at radius 2 is 1.90 bits per heavy atom. The molecule has 0 N–H and O–H groups in total. The molecule has 1 aliphatic rings. The van der Waals surface area contributed by atoms with Crippen molar-refractivity contribution in [2.45, 2.75) is 53.1 Å². The van der Waals surface area contributed by atoms with E-state index in [0.29, 0.717) is 18.0 Å². The molecule has 0 aromatic carbocycles. The highest BCUT2D eigenvalue weighted by Crippen LogP contribution is 2.38.